The van der Waals surface area contributed by atoms with Crippen LogP contribution in [0.3, 0.4) is 0 Å². The highest BCUT2D eigenvalue weighted by atomic mass is 32.1. The molecule has 0 spiro atoms. The van der Waals surface area contributed by atoms with E-state index in [1.807, 2.05) is 4.90 Å². The first kappa shape index (κ1) is 16.8. The second-order valence-corrected chi connectivity index (χ2v) is 5.72. The molecular weight excluding hydrogens is 333 g/mol. The van der Waals surface area contributed by atoms with Gasteiger partial charge in [0.2, 0.25) is 0 Å². The molecule has 0 saturated carbocycles. The second-order valence-electron chi connectivity index (χ2n) is 5.38. The maximum absolute atomic E-state index is 14.5. The normalized spacial score (nSPS) is 14.8. The molecule has 0 aliphatic carbocycles. The zero-order chi connectivity index (χ0) is 16.9. The molecule has 3 rings (SSSR count). The molecule has 1 fully saturated rings. The lowest BCUT2D eigenvalue weighted by atomic mass is 10.1. The minimum absolute atomic E-state index is 0.316. The van der Waals surface area contributed by atoms with Gasteiger partial charge in [-0.05, 0) is 23.1 Å². The Hall–Kier alpha value is -2.03. The molecule has 1 aromatic heterocycles. The van der Waals surface area contributed by atoms with E-state index in [1.54, 1.807) is 23.7 Å². The van der Waals surface area contributed by atoms with Crippen molar-refractivity contribution in [3.05, 3.63) is 40.6 Å². The summed E-state index contributed by atoms with van der Waals surface area (Å²) in [4.78, 5) is 13.9. The summed E-state index contributed by atoms with van der Waals surface area (Å²) in [5.74, 6) is -0.361. The molecule has 6 nitrogen and oxygen atoms in total. The van der Waals surface area contributed by atoms with Crippen molar-refractivity contribution >= 4 is 23.3 Å². The van der Waals surface area contributed by atoms with E-state index >= 15 is 0 Å². The molecule has 1 aliphatic heterocycles. The van der Waals surface area contributed by atoms with Crippen molar-refractivity contribution in [2.24, 2.45) is 0 Å². The van der Waals surface area contributed by atoms with E-state index in [9.17, 15) is 9.18 Å². The van der Waals surface area contributed by atoms with Crippen LogP contribution in [0.4, 0.5) is 10.1 Å². The molecule has 1 aliphatic rings. The van der Waals surface area contributed by atoms with Crippen LogP contribution in [0.25, 0.3) is 11.1 Å². The third-order valence-corrected chi connectivity index (χ3v) is 3.97. The zero-order valence-electron chi connectivity index (χ0n) is 13.0. The van der Waals surface area contributed by atoms with Gasteiger partial charge in [0.05, 0.1) is 30.7 Å². The van der Waals surface area contributed by atoms with Crippen LogP contribution in [0.1, 0.15) is 0 Å². The quantitative estimate of drug-likeness (QED) is 0.631. The van der Waals surface area contributed by atoms with Gasteiger partial charge in [0.25, 0.3) is 0 Å². The zero-order valence-corrected chi connectivity index (χ0v) is 13.9. The van der Waals surface area contributed by atoms with Crippen LogP contribution in [-0.4, -0.2) is 43.0 Å². The third kappa shape index (κ3) is 3.72. The Bertz CT molecular complexity index is 768. The molecule has 0 bridgehead atoms. The number of hydrogen-bond acceptors (Lipinski definition) is 6. The monoisotopic (exact) mass is 351 g/mol. The summed E-state index contributed by atoms with van der Waals surface area (Å²) in [6.07, 6.45) is 1.56. The number of ether oxygens (including phenoxy) is 1. The van der Waals surface area contributed by atoms with Crippen LogP contribution in [0, 0.1) is 5.82 Å². The first-order valence-corrected chi connectivity index (χ1v) is 8.14. The van der Waals surface area contributed by atoms with Gasteiger partial charge < -0.3 is 14.2 Å². The third-order valence-electron chi connectivity index (χ3n) is 3.80. The average molecular weight is 351 g/mol. The highest BCUT2D eigenvalue weighted by Crippen LogP contribution is 2.25. The number of thiocarbonyl (C=S) groups is 1. The molecule has 0 amide bonds. The van der Waals surface area contributed by atoms with Crippen molar-refractivity contribution in [1.29, 1.82) is 0 Å². The molecule has 24 heavy (non-hydrogen) atoms. The van der Waals surface area contributed by atoms with E-state index in [0.29, 0.717) is 56.3 Å². The average Bonchev–Trinajstić information content (AvgIpc) is 2.96. The van der Waals surface area contributed by atoms with Crippen LogP contribution < -0.4 is 15.8 Å². The first-order chi connectivity index (χ1) is 11.7. The van der Waals surface area contributed by atoms with Gasteiger partial charge in [-0.2, -0.15) is 4.74 Å². The summed E-state index contributed by atoms with van der Waals surface area (Å²) in [6.45, 7) is 3.32. The van der Waals surface area contributed by atoms with Crippen LogP contribution in [0.15, 0.2) is 33.7 Å². The van der Waals surface area contributed by atoms with Crippen molar-refractivity contribution < 1.29 is 13.7 Å². The van der Waals surface area contributed by atoms with Gasteiger partial charge in [-0.1, -0.05) is 18.3 Å². The van der Waals surface area contributed by atoms with Gasteiger partial charge in [0.15, 0.2) is 0 Å². The van der Waals surface area contributed by atoms with Gasteiger partial charge in [-0.25, -0.2) is 9.18 Å². The predicted octanol–water partition coefficient (Wildman–Crippen LogP) is 1.63. The molecule has 0 atom stereocenters. The standard InChI is InChI=1S/C16H18FN3O3S/c17-14-9-12(1-2-15(14)19-4-6-22-7-5-19)13-10-20(23-16(13)21)11-18-3-8-24/h1-2,8-10,18H,3-7,11H2. The minimum atomic E-state index is -0.502. The van der Waals surface area contributed by atoms with Gasteiger partial charge in [0, 0.05) is 19.6 Å². The van der Waals surface area contributed by atoms with E-state index in [-0.39, 0.29) is 5.82 Å². The molecule has 2 heterocycles. The largest absolute Gasteiger partial charge is 0.378 e. The van der Waals surface area contributed by atoms with E-state index in [4.69, 9.17) is 21.5 Å². The lowest BCUT2D eigenvalue weighted by Gasteiger charge is -2.29. The number of hydrogen-bond donors (Lipinski definition) is 1. The van der Waals surface area contributed by atoms with E-state index in [0.717, 1.165) is 0 Å². The van der Waals surface area contributed by atoms with E-state index in [2.05, 4.69) is 5.32 Å². The predicted molar refractivity (Wildman–Crippen MR) is 93.1 cm³/mol. The number of morpholine rings is 1. The lowest BCUT2D eigenvalue weighted by molar-refractivity contribution is 0.122. The molecule has 1 saturated heterocycles. The van der Waals surface area contributed by atoms with Gasteiger partial charge in [0.1, 0.15) is 12.5 Å². The number of aromatic nitrogens is 1. The first-order valence-electron chi connectivity index (χ1n) is 7.67. The van der Waals surface area contributed by atoms with Crippen LogP contribution in [0.5, 0.6) is 0 Å². The summed E-state index contributed by atoms with van der Waals surface area (Å²) < 4.78 is 26.2. The fraction of sp³-hybridized carbons (Fsp3) is 0.375. The molecule has 128 valence electrons. The van der Waals surface area contributed by atoms with Gasteiger partial charge in [-0.15, -0.1) is 0 Å². The summed E-state index contributed by atoms with van der Waals surface area (Å²) >= 11 is 4.71. The van der Waals surface area contributed by atoms with Crippen molar-refractivity contribution in [2.45, 2.75) is 6.67 Å². The highest BCUT2D eigenvalue weighted by molar-refractivity contribution is 7.79. The van der Waals surface area contributed by atoms with E-state index in [1.165, 1.54) is 10.8 Å². The van der Waals surface area contributed by atoms with Crippen molar-refractivity contribution in [3.63, 3.8) is 0 Å². The topological polar surface area (TPSA) is 59.6 Å². The second kappa shape index (κ2) is 7.69. The summed E-state index contributed by atoms with van der Waals surface area (Å²) in [5, 5.41) is 4.53. The SMILES string of the molecule is O=c1on(CNCC=S)cc1-c1ccc(N2CCOCC2)c(F)c1. The number of anilines is 1. The Morgan fingerprint density at radius 2 is 2.12 bits per heavy atom. The van der Waals surface area contributed by atoms with Crippen molar-refractivity contribution in [3.8, 4) is 11.1 Å². The number of halogens is 1. The molecule has 8 heteroatoms. The fourth-order valence-corrected chi connectivity index (χ4v) is 2.74. The van der Waals surface area contributed by atoms with Crippen LogP contribution >= 0.6 is 12.2 Å². The number of nitrogens with zero attached hydrogens (tertiary/aromatic N) is 2. The summed E-state index contributed by atoms with van der Waals surface area (Å²) in [6, 6.07) is 4.79. The van der Waals surface area contributed by atoms with Crippen LogP contribution in [0.2, 0.25) is 0 Å². The molecule has 2 aromatic rings. The molecule has 0 unspecified atom stereocenters. The van der Waals surface area contributed by atoms with Gasteiger partial charge >= 0.3 is 5.63 Å². The maximum atomic E-state index is 14.5. The number of benzene rings is 1. The fourth-order valence-electron chi connectivity index (χ4n) is 2.62. The lowest BCUT2D eigenvalue weighted by Crippen LogP contribution is -2.36. The Morgan fingerprint density at radius 3 is 2.83 bits per heavy atom. The smallest absolute Gasteiger partial charge is 0.365 e. The minimum Gasteiger partial charge on any atom is -0.378 e. The van der Waals surface area contributed by atoms with Crippen molar-refractivity contribution in [2.75, 3.05) is 37.7 Å². The molecule has 0 radical (unpaired) electrons. The maximum Gasteiger partial charge on any atom is 0.365 e. The molecule has 1 aromatic carbocycles. The number of nitrogens with one attached hydrogen (secondary N) is 1. The molecular formula is C16H18FN3O3S. The summed E-state index contributed by atoms with van der Waals surface area (Å²) in [7, 11) is 0. The van der Waals surface area contributed by atoms with Gasteiger partial charge in [-0.3, -0.25) is 5.32 Å². The Kier molecular flexibility index (Phi) is 5.39. The molecule has 1 N–H and O–H groups in total. The Balaban J connectivity index is 1.81. The summed E-state index contributed by atoms with van der Waals surface area (Å²) in [5.41, 5.74) is 0.838. The Labute approximate surface area is 143 Å². The number of rotatable bonds is 6. The Morgan fingerprint density at radius 1 is 1.33 bits per heavy atom. The van der Waals surface area contributed by atoms with Crippen LogP contribution in [-0.2, 0) is 11.4 Å². The van der Waals surface area contributed by atoms with Crippen molar-refractivity contribution in [1.82, 2.24) is 10.1 Å². The van der Waals surface area contributed by atoms with E-state index < -0.39 is 5.63 Å². The highest BCUT2D eigenvalue weighted by Gasteiger charge is 2.17.